The van der Waals surface area contributed by atoms with Crippen LogP contribution in [0.4, 0.5) is 5.69 Å². The van der Waals surface area contributed by atoms with Crippen LogP contribution in [0.5, 0.6) is 0 Å². The zero-order valence-corrected chi connectivity index (χ0v) is 12.9. The van der Waals surface area contributed by atoms with Crippen molar-refractivity contribution >= 4 is 11.6 Å². The summed E-state index contributed by atoms with van der Waals surface area (Å²) < 4.78 is 5.82. The number of rotatable bonds is 4. The molecule has 21 heavy (non-hydrogen) atoms. The summed E-state index contributed by atoms with van der Waals surface area (Å²) in [6.07, 6.45) is 3.70. The predicted octanol–water partition coefficient (Wildman–Crippen LogP) is 2.82. The van der Waals surface area contributed by atoms with Crippen molar-refractivity contribution in [1.29, 1.82) is 0 Å². The van der Waals surface area contributed by atoms with E-state index in [1.54, 1.807) is 0 Å². The van der Waals surface area contributed by atoms with E-state index in [4.69, 9.17) is 4.74 Å². The minimum Gasteiger partial charge on any atom is -0.384 e. The molecule has 2 bridgehead atoms. The van der Waals surface area contributed by atoms with Gasteiger partial charge in [-0.25, -0.2) is 0 Å². The molecule has 1 amide bonds. The number of nitrogens with zero attached hydrogens (tertiary/aromatic N) is 1. The molecule has 114 valence electrons. The van der Waals surface area contributed by atoms with Crippen molar-refractivity contribution in [2.24, 2.45) is 0 Å². The van der Waals surface area contributed by atoms with Crippen LogP contribution in [0.2, 0.25) is 0 Å². The smallest absolute Gasteiger partial charge is 0.256 e. The average Bonchev–Trinajstić information content (AvgIpc) is 2.83. The first-order valence-electron chi connectivity index (χ1n) is 7.96. The Bertz CT molecular complexity index is 518. The molecule has 0 saturated carbocycles. The van der Waals surface area contributed by atoms with Crippen LogP contribution in [0.25, 0.3) is 0 Å². The van der Waals surface area contributed by atoms with Crippen LogP contribution < -0.4 is 5.32 Å². The summed E-state index contributed by atoms with van der Waals surface area (Å²) in [5.41, 5.74) is 2.87. The van der Waals surface area contributed by atoms with Crippen molar-refractivity contribution in [3.8, 4) is 0 Å². The Morgan fingerprint density at radius 2 is 2.05 bits per heavy atom. The van der Waals surface area contributed by atoms with Gasteiger partial charge in [-0.05, 0) is 38.3 Å². The molecule has 2 aliphatic heterocycles. The third kappa shape index (κ3) is 3.05. The second kappa shape index (κ2) is 6.06. The van der Waals surface area contributed by atoms with Gasteiger partial charge in [0.15, 0.2) is 0 Å². The highest BCUT2D eigenvalue weighted by Gasteiger charge is 2.36. The molecule has 2 unspecified atom stereocenters. The maximum atomic E-state index is 12.9. The highest BCUT2D eigenvalue weighted by molar-refractivity contribution is 6.00. The number of aryl methyl sites for hydroxylation is 1. The van der Waals surface area contributed by atoms with Crippen molar-refractivity contribution in [2.45, 2.75) is 45.3 Å². The predicted molar refractivity (Wildman–Crippen MR) is 83.8 cm³/mol. The van der Waals surface area contributed by atoms with Crippen molar-refractivity contribution < 1.29 is 9.53 Å². The highest BCUT2D eigenvalue weighted by atomic mass is 16.5. The van der Waals surface area contributed by atoms with Gasteiger partial charge in [-0.3, -0.25) is 4.79 Å². The lowest BCUT2D eigenvalue weighted by molar-refractivity contribution is -0.0303. The molecule has 4 heteroatoms. The summed E-state index contributed by atoms with van der Waals surface area (Å²) in [5, 5.41) is 3.37. The largest absolute Gasteiger partial charge is 0.384 e. The summed E-state index contributed by atoms with van der Waals surface area (Å²) in [6, 6.07) is 6.07. The summed E-state index contributed by atoms with van der Waals surface area (Å²) >= 11 is 0. The molecule has 2 atom stereocenters. The zero-order chi connectivity index (χ0) is 14.8. The molecule has 0 radical (unpaired) electrons. The summed E-state index contributed by atoms with van der Waals surface area (Å²) in [4.78, 5) is 14.9. The first-order valence-corrected chi connectivity index (χ1v) is 7.96. The fraction of sp³-hybridized carbons (Fsp3) is 0.588. The number of carbonyl (C=O) groups excluding carboxylic acids is 1. The lowest BCUT2D eigenvalue weighted by atomic mass is 10.1. The van der Waals surface area contributed by atoms with E-state index in [0.717, 1.165) is 55.7 Å². The maximum absolute atomic E-state index is 12.9. The third-order valence-electron chi connectivity index (χ3n) is 4.30. The Hall–Kier alpha value is -1.55. The van der Waals surface area contributed by atoms with E-state index in [2.05, 4.69) is 18.3 Å². The zero-order valence-electron chi connectivity index (χ0n) is 12.9. The average molecular weight is 288 g/mol. The number of benzene rings is 1. The molecule has 0 aromatic heterocycles. The van der Waals surface area contributed by atoms with Gasteiger partial charge in [0, 0.05) is 25.3 Å². The molecule has 3 rings (SSSR count). The minimum atomic E-state index is 0.137. The molecule has 0 spiro atoms. The minimum absolute atomic E-state index is 0.137. The van der Waals surface area contributed by atoms with Crippen LogP contribution in [0, 0.1) is 6.92 Å². The summed E-state index contributed by atoms with van der Waals surface area (Å²) in [5.74, 6) is 0.137. The lowest BCUT2D eigenvalue weighted by Gasteiger charge is -2.32. The number of carbonyl (C=O) groups is 1. The number of ether oxygens (including phenoxy) is 1. The standard InChI is InChI=1S/C17H24N2O2/c1-3-8-18-16-7-4-12(2)9-15(16)17(20)19-10-13-5-6-14(11-19)21-13/h4,7,9,13-14,18H,3,5-6,8,10-11H2,1-2H3. The van der Waals surface area contributed by atoms with E-state index in [0.29, 0.717) is 0 Å². The van der Waals surface area contributed by atoms with E-state index in [1.807, 2.05) is 24.0 Å². The molecule has 2 fully saturated rings. The molecular weight excluding hydrogens is 264 g/mol. The van der Waals surface area contributed by atoms with Crippen LogP contribution in [-0.2, 0) is 4.74 Å². The van der Waals surface area contributed by atoms with Gasteiger partial charge in [-0.15, -0.1) is 0 Å². The molecule has 2 aliphatic rings. The number of hydrogen-bond donors (Lipinski definition) is 1. The molecule has 1 N–H and O–H groups in total. The van der Waals surface area contributed by atoms with E-state index in [-0.39, 0.29) is 18.1 Å². The Kier molecular flexibility index (Phi) is 4.15. The molecular formula is C17H24N2O2. The monoisotopic (exact) mass is 288 g/mol. The fourth-order valence-electron chi connectivity index (χ4n) is 3.20. The fourth-order valence-corrected chi connectivity index (χ4v) is 3.20. The van der Waals surface area contributed by atoms with Crippen molar-refractivity contribution in [1.82, 2.24) is 4.90 Å². The van der Waals surface area contributed by atoms with Crippen LogP contribution >= 0.6 is 0 Å². The van der Waals surface area contributed by atoms with Gasteiger partial charge < -0.3 is 15.0 Å². The number of morpholine rings is 1. The number of hydrogen-bond acceptors (Lipinski definition) is 3. The number of anilines is 1. The van der Waals surface area contributed by atoms with Crippen LogP contribution in [0.1, 0.15) is 42.1 Å². The molecule has 0 aliphatic carbocycles. The molecule has 4 nitrogen and oxygen atoms in total. The van der Waals surface area contributed by atoms with Gasteiger partial charge in [-0.2, -0.15) is 0 Å². The number of likely N-dealkylation sites (tertiary alicyclic amines) is 1. The summed E-state index contributed by atoms with van der Waals surface area (Å²) in [7, 11) is 0. The van der Waals surface area contributed by atoms with Crippen LogP contribution in [0.15, 0.2) is 18.2 Å². The first kappa shape index (κ1) is 14.4. The van der Waals surface area contributed by atoms with Gasteiger partial charge in [0.05, 0.1) is 17.8 Å². The maximum Gasteiger partial charge on any atom is 0.256 e. The van der Waals surface area contributed by atoms with Gasteiger partial charge >= 0.3 is 0 Å². The van der Waals surface area contributed by atoms with E-state index >= 15 is 0 Å². The molecule has 1 aromatic rings. The third-order valence-corrected chi connectivity index (χ3v) is 4.30. The van der Waals surface area contributed by atoms with Crippen LogP contribution in [-0.4, -0.2) is 42.6 Å². The Morgan fingerprint density at radius 1 is 1.33 bits per heavy atom. The topological polar surface area (TPSA) is 41.6 Å². The number of nitrogens with one attached hydrogen (secondary N) is 1. The van der Waals surface area contributed by atoms with Gasteiger partial charge in [-0.1, -0.05) is 18.6 Å². The lowest BCUT2D eigenvalue weighted by Crippen LogP contribution is -2.46. The molecule has 2 heterocycles. The quantitative estimate of drug-likeness (QED) is 0.926. The summed E-state index contributed by atoms with van der Waals surface area (Å²) in [6.45, 7) is 6.51. The number of amides is 1. The van der Waals surface area contributed by atoms with E-state index in [9.17, 15) is 4.79 Å². The van der Waals surface area contributed by atoms with Crippen molar-refractivity contribution in [3.63, 3.8) is 0 Å². The molecule has 1 aromatic carbocycles. The van der Waals surface area contributed by atoms with Gasteiger partial charge in [0.1, 0.15) is 0 Å². The normalized spacial score (nSPS) is 24.2. The Morgan fingerprint density at radius 3 is 2.71 bits per heavy atom. The Labute approximate surface area is 126 Å². The Balaban J connectivity index is 1.81. The second-order valence-corrected chi connectivity index (χ2v) is 6.14. The van der Waals surface area contributed by atoms with Crippen molar-refractivity contribution in [3.05, 3.63) is 29.3 Å². The number of fused-ring (bicyclic) bond motifs is 2. The van der Waals surface area contributed by atoms with E-state index in [1.165, 1.54) is 0 Å². The van der Waals surface area contributed by atoms with Crippen LogP contribution in [0.3, 0.4) is 0 Å². The second-order valence-electron chi connectivity index (χ2n) is 6.14. The van der Waals surface area contributed by atoms with Crippen molar-refractivity contribution in [2.75, 3.05) is 25.0 Å². The van der Waals surface area contributed by atoms with Gasteiger partial charge in [0.2, 0.25) is 0 Å². The first-order chi connectivity index (χ1) is 10.2. The molecule has 2 saturated heterocycles. The van der Waals surface area contributed by atoms with Gasteiger partial charge in [0.25, 0.3) is 5.91 Å². The highest BCUT2D eigenvalue weighted by Crippen LogP contribution is 2.28. The SMILES string of the molecule is CCCNc1ccc(C)cc1C(=O)N1CC2CCC(C1)O2. The van der Waals surface area contributed by atoms with E-state index < -0.39 is 0 Å².